The molecule has 4 rings (SSSR count). The van der Waals surface area contributed by atoms with Crippen molar-refractivity contribution in [2.45, 2.75) is 32.6 Å². The van der Waals surface area contributed by atoms with Gasteiger partial charge in [0.05, 0.1) is 23.0 Å². The van der Waals surface area contributed by atoms with Crippen LogP contribution in [0.25, 0.3) is 0 Å². The van der Waals surface area contributed by atoms with Crippen molar-refractivity contribution >= 4 is 29.2 Å². The number of hydrogen-bond donors (Lipinski definition) is 1. The Morgan fingerprint density at radius 1 is 1.07 bits per heavy atom. The quantitative estimate of drug-likeness (QED) is 0.763. The van der Waals surface area contributed by atoms with Crippen LogP contribution in [-0.2, 0) is 0 Å². The number of fused-ring (bicyclic) bond motifs is 1. The molecule has 1 saturated heterocycles. The van der Waals surface area contributed by atoms with Crippen LogP contribution < -0.4 is 10.2 Å². The summed E-state index contributed by atoms with van der Waals surface area (Å²) in [7, 11) is 0. The zero-order valence-electron chi connectivity index (χ0n) is 16.5. The number of pyridine rings is 1. The lowest BCUT2D eigenvalue weighted by Gasteiger charge is -2.16. The number of carbonyl (C=O) groups excluding carboxylic acids is 3. The summed E-state index contributed by atoms with van der Waals surface area (Å²) in [5.74, 6) is -0.0399. The van der Waals surface area contributed by atoms with E-state index in [1.54, 1.807) is 18.3 Å². The van der Waals surface area contributed by atoms with Crippen molar-refractivity contribution < 1.29 is 14.4 Å². The third-order valence-corrected chi connectivity index (χ3v) is 5.40. The van der Waals surface area contributed by atoms with Crippen LogP contribution in [0.15, 0.2) is 36.5 Å². The second kappa shape index (κ2) is 8.03. The summed E-state index contributed by atoms with van der Waals surface area (Å²) in [6.45, 7) is 4.43. The smallest absolute Gasteiger partial charge is 0.261 e. The van der Waals surface area contributed by atoms with Crippen molar-refractivity contribution in [2.75, 3.05) is 29.9 Å². The predicted octanol–water partition coefficient (Wildman–Crippen LogP) is 3.33. The standard InChI is InChI=1S/C22H24N4O3/c1-2-3-12-26-21(28)17-8-6-15(13-18(17)22(26)29)20(27)24-16-7-9-19(23-14-16)25-10-4-5-11-25/h6-9,13-14H,2-5,10-12H2,1H3,(H,24,27). The molecule has 1 N–H and O–H groups in total. The number of nitrogens with one attached hydrogen (secondary N) is 1. The lowest BCUT2D eigenvalue weighted by Crippen LogP contribution is -2.30. The molecular formula is C22H24N4O3. The van der Waals surface area contributed by atoms with Gasteiger partial charge < -0.3 is 10.2 Å². The van der Waals surface area contributed by atoms with Crippen molar-refractivity contribution in [1.82, 2.24) is 9.88 Å². The molecular weight excluding hydrogens is 368 g/mol. The third kappa shape index (κ3) is 3.72. The Kier molecular flexibility index (Phi) is 5.29. The topological polar surface area (TPSA) is 82.6 Å². The molecule has 3 heterocycles. The van der Waals surface area contributed by atoms with Crippen LogP contribution >= 0.6 is 0 Å². The van der Waals surface area contributed by atoms with E-state index in [-0.39, 0.29) is 17.7 Å². The maximum Gasteiger partial charge on any atom is 0.261 e. The number of imide groups is 1. The van der Waals surface area contributed by atoms with E-state index >= 15 is 0 Å². The molecule has 0 atom stereocenters. The summed E-state index contributed by atoms with van der Waals surface area (Å²) >= 11 is 0. The lowest BCUT2D eigenvalue weighted by molar-refractivity contribution is 0.0652. The SMILES string of the molecule is CCCCN1C(=O)c2ccc(C(=O)Nc3ccc(N4CCCC4)nc3)cc2C1=O. The normalized spacial score (nSPS) is 15.8. The van der Waals surface area contributed by atoms with Crippen LogP contribution in [-0.4, -0.2) is 47.2 Å². The van der Waals surface area contributed by atoms with E-state index in [0.29, 0.717) is 28.9 Å². The van der Waals surface area contributed by atoms with Gasteiger partial charge in [-0.2, -0.15) is 0 Å². The monoisotopic (exact) mass is 392 g/mol. The first-order valence-electron chi connectivity index (χ1n) is 10.1. The van der Waals surface area contributed by atoms with Crippen molar-refractivity contribution in [3.05, 3.63) is 53.2 Å². The van der Waals surface area contributed by atoms with E-state index in [1.807, 2.05) is 19.1 Å². The summed E-state index contributed by atoms with van der Waals surface area (Å²) in [6, 6.07) is 8.37. The number of benzene rings is 1. The van der Waals surface area contributed by atoms with E-state index in [0.717, 1.165) is 31.7 Å². The van der Waals surface area contributed by atoms with Gasteiger partial charge in [-0.3, -0.25) is 19.3 Å². The van der Waals surface area contributed by atoms with Crippen LogP contribution in [0, 0.1) is 0 Å². The second-order valence-corrected chi connectivity index (χ2v) is 7.43. The molecule has 0 bridgehead atoms. The Hall–Kier alpha value is -3.22. The molecule has 3 amide bonds. The number of rotatable bonds is 6. The zero-order chi connectivity index (χ0) is 20.4. The van der Waals surface area contributed by atoms with Gasteiger partial charge >= 0.3 is 0 Å². The maximum absolute atomic E-state index is 12.6. The van der Waals surface area contributed by atoms with Gasteiger partial charge in [-0.05, 0) is 49.6 Å². The van der Waals surface area contributed by atoms with Crippen molar-refractivity contribution in [2.24, 2.45) is 0 Å². The van der Waals surface area contributed by atoms with Gasteiger partial charge in [-0.25, -0.2) is 4.98 Å². The molecule has 1 aromatic carbocycles. The summed E-state index contributed by atoms with van der Waals surface area (Å²) in [5, 5.41) is 2.81. The predicted molar refractivity (Wildman–Crippen MR) is 110 cm³/mol. The fraction of sp³-hybridized carbons (Fsp3) is 0.364. The number of nitrogens with zero attached hydrogens (tertiary/aromatic N) is 3. The molecule has 1 fully saturated rings. The second-order valence-electron chi connectivity index (χ2n) is 7.43. The highest BCUT2D eigenvalue weighted by Crippen LogP contribution is 2.25. The van der Waals surface area contributed by atoms with Crippen LogP contribution in [0.5, 0.6) is 0 Å². The fourth-order valence-corrected chi connectivity index (χ4v) is 3.75. The third-order valence-electron chi connectivity index (χ3n) is 5.40. The average Bonchev–Trinajstić information content (AvgIpc) is 3.35. The minimum atomic E-state index is -0.337. The molecule has 150 valence electrons. The molecule has 1 aromatic heterocycles. The van der Waals surface area contributed by atoms with E-state index in [4.69, 9.17) is 0 Å². The van der Waals surface area contributed by atoms with Crippen molar-refractivity contribution in [3.63, 3.8) is 0 Å². The first-order chi connectivity index (χ1) is 14.1. The summed E-state index contributed by atoms with van der Waals surface area (Å²) in [6.07, 6.45) is 5.65. The van der Waals surface area contributed by atoms with E-state index in [1.165, 1.54) is 23.8 Å². The Balaban J connectivity index is 1.47. The lowest BCUT2D eigenvalue weighted by atomic mass is 10.1. The largest absolute Gasteiger partial charge is 0.357 e. The van der Waals surface area contributed by atoms with Gasteiger partial charge in [-0.15, -0.1) is 0 Å². The minimum absolute atomic E-state index is 0.285. The van der Waals surface area contributed by atoms with Gasteiger partial charge in [-0.1, -0.05) is 13.3 Å². The fourth-order valence-electron chi connectivity index (χ4n) is 3.75. The van der Waals surface area contributed by atoms with Gasteiger partial charge in [0.25, 0.3) is 17.7 Å². The summed E-state index contributed by atoms with van der Waals surface area (Å²) in [4.78, 5) is 45.5. The van der Waals surface area contributed by atoms with Gasteiger partial charge in [0.15, 0.2) is 0 Å². The van der Waals surface area contributed by atoms with Crippen LogP contribution in [0.2, 0.25) is 0 Å². The summed E-state index contributed by atoms with van der Waals surface area (Å²) in [5.41, 5.74) is 1.58. The number of unbranched alkanes of at least 4 members (excludes halogenated alkanes) is 1. The molecule has 7 nitrogen and oxygen atoms in total. The number of carbonyl (C=O) groups is 3. The maximum atomic E-state index is 12.6. The minimum Gasteiger partial charge on any atom is -0.357 e. The van der Waals surface area contributed by atoms with Crippen LogP contribution in [0.3, 0.4) is 0 Å². The highest BCUT2D eigenvalue weighted by Gasteiger charge is 2.35. The number of aromatic nitrogens is 1. The highest BCUT2D eigenvalue weighted by molar-refractivity contribution is 6.22. The Morgan fingerprint density at radius 2 is 1.83 bits per heavy atom. The highest BCUT2D eigenvalue weighted by atomic mass is 16.2. The van der Waals surface area contributed by atoms with E-state index in [2.05, 4.69) is 15.2 Å². The Bertz CT molecular complexity index is 949. The Morgan fingerprint density at radius 3 is 2.52 bits per heavy atom. The average molecular weight is 392 g/mol. The molecule has 2 aliphatic heterocycles. The number of hydrogen-bond acceptors (Lipinski definition) is 5. The summed E-state index contributed by atoms with van der Waals surface area (Å²) < 4.78 is 0. The molecule has 0 aliphatic carbocycles. The first kappa shape index (κ1) is 19.1. The molecule has 0 spiro atoms. The van der Waals surface area contributed by atoms with Crippen molar-refractivity contribution in [1.29, 1.82) is 0 Å². The first-order valence-corrected chi connectivity index (χ1v) is 10.1. The molecule has 29 heavy (non-hydrogen) atoms. The molecule has 0 saturated carbocycles. The number of amides is 3. The van der Waals surface area contributed by atoms with E-state index < -0.39 is 0 Å². The molecule has 2 aromatic rings. The van der Waals surface area contributed by atoms with E-state index in [9.17, 15) is 14.4 Å². The zero-order valence-corrected chi connectivity index (χ0v) is 16.5. The Labute approximate surface area is 169 Å². The molecule has 0 unspecified atom stereocenters. The number of anilines is 2. The van der Waals surface area contributed by atoms with Crippen LogP contribution in [0.4, 0.5) is 11.5 Å². The molecule has 7 heteroatoms. The van der Waals surface area contributed by atoms with Crippen LogP contribution in [0.1, 0.15) is 63.7 Å². The van der Waals surface area contributed by atoms with Gasteiger partial charge in [0.1, 0.15) is 5.82 Å². The molecule has 2 aliphatic rings. The van der Waals surface area contributed by atoms with Gasteiger partial charge in [0.2, 0.25) is 0 Å². The molecule has 0 radical (unpaired) electrons. The van der Waals surface area contributed by atoms with Gasteiger partial charge in [0, 0.05) is 25.2 Å². The van der Waals surface area contributed by atoms with Crippen molar-refractivity contribution in [3.8, 4) is 0 Å².